The minimum absolute atomic E-state index is 0.0461. The van der Waals surface area contributed by atoms with Gasteiger partial charge in [0.2, 0.25) is 0 Å². The lowest BCUT2D eigenvalue weighted by Gasteiger charge is -2.15. The van der Waals surface area contributed by atoms with Gasteiger partial charge in [0.15, 0.2) is 0 Å². The Labute approximate surface area is 173 Å². The summed E-state index contributed by atoms with van der Waals surface area (Å²) in [6.45, 7) is 1.33. The Bertz CT molecular complexity index is 1070. The number of nitrogens with zero attached hydrogens (tertiary/aromatic N) is 1. The number of pyridine rings is 1. The van der Waals surface area contributed by atoms with Crippen LogP contribution in [0.2, 0.25) is 0 Å². The van der Waals surface area contributed by atoms with Crippen molar-refractivity contribution in [2.75, 3.05) is 0 Å². The number of amides is 1. The molecule has 1 N–H and O–H groups in total. The van der Waals surface area contributed by atoms with E-state index in [0.717, 1.165) is 11.1 Å². The molecular formula is C22H16F6N2O. The highest BCUT2D eigenvalue weighted by Crippen LogP contribution is 2.36. The van der Waals surface area contributed by atoms with Gasteiger partial charge < -0.3 is 5.32 Å². The zero-order valence-corrected chi connectivity index (χ0v) is 16.1. The number of carbonyl (C=O) groups is 1. The Balaban J connectivity index is 1.89. The van der Waals surface area contributed by atoms with E-state index in [1.807, 2.05) is 19.1 Å². The quantitative estimate of drug-likeness (QED) is 0.506. The number of hydrogen-bond acceptors (Lipinski definition) is 2. The molecule has 0 fully saturated rings. The summed E-state index contributed by atoms with van der Waals surface area (Å²) < 4.78 is 78.1. The maximum Gasteiger partial charge on any atom is 0.416 e. The molecule has 3 aromatic rings. The van der Waals surface area contributed by atoms with Crippen LogP contribution in [-0.2, 0) is 18.9 Å². The van der Waals surface area contributed by atoms with Crippen LogP contribution in [0.1, 0.15) is 32.6 Å². The molecule has 0 atom stereocenters. The molecule has 1 amide bonds. The van der Waals surface area contributed by atoms with Gasteiger partial charge in [0.25, 0.3) is 5.91 Å². The van der Waals surface area contributed by atoms with Crippen molar-refractivity contribution in [2.45, 2.75) is 25.8 Å². The summed E-state index contributed by atoms with van der Waals surface area (Å²) in [6, 6.07) is 9.87. The van der Waals surface area contributed by atoms with Gasteiger partial charge in [-0.2, -0.15) is 26.3 Å². The van der Waals surface area contributed by atoms with Crippen LogP contribution in [0.3, 0.4) is 0 Å². The van der Waals surface area contributed by atoms with Gasteiger partial charge in [-0.15, -0.1) is 0 Å². The molecule has 0 saturated heterocycles. The van der Waals surface area contributed by atoms with Crippen LogP contribution in [0.25, 0.3) is 11.1 Å². The number of hydrogen-bond donors (Lipinski definition) is 1. The second-order valence-corrected chi connectivity index (χ2v) is 6.83. The molecule has 0 unspecified atom stereocenters. The van der Waals surface area contributed by atoms with Crippen molar-refractivity contribution in [1.82, 2.24) is 10.3 Å². The molecule has 162 valence electrons. The molecule has 0 radical (unpaired) electrons. The van der Waals surface area contributed by atoms with Crippen LogP contribution in [-0.4, -0.2) is 10.9 Å². The molecule has 3 rings (SSSR count). The Morgan fingerprint density at radius 3 is 2.10 bits per heavy atom. The highest BCUT2D eigenvalue weighted by Gasteiger charge is 2.36. The van der Waals surface area contributed by atoms with Crippen LogP contribution in [0, 0.1) is 6.92 Å². The molecule has 0 aliphatic carbocycles. The fourth-order valence-electron chi connectivity index (χ4n) is 3.08. The third-order valence-corrected chi connectivity index (χ3v) is 4.60. The van der Waals surface area contributed by atoms with Crippen molar-refractivity contribution in [3.8, 4) is 11.1 Å². The topological polar surface area (TPSA) is 42.0 Å². The van der Waals surface area contributed by atoms with Crippen LogP contribution in [0.15, 0.2) is 60.9 Å². The average molecular weight is 438 g/mol. The second-order valence-electron chi connectivity index (χ2n) is 6.83. The summed E-state index contributed by atoms with van der Waals surface area (Å²) in [4.78, 5) is 16.7. The van der Waals surface area contributed by atoms with Crippen LogP contribution >= 0.6 is 0 Å². The number of benzene rings is 2. The van der Waals surface area contributed by atoms with E-state index in [4.69, 9.17) is 0 Å². The fourth-order valence-corrected chi connectivity index (χ4v) is 3.08. The number of aryl methyl sites for hydroxylation is 1. The van der Waals surface area contributed by atoms with Gasteiger partial charge in [0, 0.05) is 24.5 Å². The van der Waals surface area contributed by atoms with E-state index in [-0.39, 0.29) is 17.2 Å². The number of halogens is 6. The third kappa shape index (κ3) is 5.22. The van der Waals surface area contributed by atoms with Crippen LogP contribution in [0.4, 0.5) is 26.3 Å². The first-order valence-corrected chi connectivity index (χ1v) is 9.03. The third-order valence-electron chi connectivity index (χ3n) is 4.60. The second kappa shape index (κ2) is 8.41. The Morgan fingerprint density at radius 1 is 0.903 bits per heavy atom. The van der Waals surface area contributed by atoms with Gasteiger partial charge in [-0.1, -0.05) is 24.3 Å². The van der Waals surface area contributed by atoms with Gasteiger partial charge in [0.1, 0.15) is 0 Å². The van der Waals surface area contributed by atoms with Crippen molar-refractivity contribution in [2.24, 2.45) is 0 Å². The first-order valence-electron chi connectivity index (χ1n) is 9.03. The average Bonchev–Trinajstić information content (AvgIpc) is 2.71. The molecule has 0 saturated carbocycles. The highest BCUT2D eigenvalue weighted by molar-refractivity contribution is 6.00. The van der Waals surface area contributed by atoms with E-state index >= 15 is 0 Å². The van der Waals surface area contributed by atoms with Gasteiger partial charge in [-0.25, -0.2) is 0 Å². The van der Waals surface area contributed by atoms with E-state index in [1.165, 1.54) is 18.5 Å². The zero-order valence-electron chi connectivity index (χ0n) is 16.1. The van der Waals surface area contributed by atoms with E-state index in [0.29, 0.717) is 17.7 Å². The van der Waals surface area contributed by atoms with Gasteiger partial charge in [-0.3, -0.25) is 9.78 Å². The Morgan fingerprint density at radius 2 is 1.52 bits per heavy atom. The number of aromatic nitrogens is 1. The first-order chi connectivity index (χ1) is 14.5. The lowest BCUT2D eigenvalue weighted by molar-refractivity contribution is -0.143. The number of carbonyl (C=O) groups excluding carboxylic acids is 1. The smallest absolute Gasteiger partial charge is 0.348 e. The number of rotatable bonds is 4. The number of nitrogens with one attached hydrogen (secondary N) is 1. The summed E-state index contributed by atoms with van der Waals surface area (Å²) >= 11 is 0. The lowest BCUT2D eigenvalue weighted by Crippen LogP contribution is -2.24. The molecule has 1 aromatic heterocycles. The molecule has 31 heavy (non-hydrogen) atoms. The monoisotopic (exact) mass is 438 g/mol. The maximum absolute atomic E-state index is 13.0. The Kier molecular flexibility index (Phi) is 6.06. The molecule has 9 heteroatoms. The molecule has 3 nitrogen and oxygen atoms in total. The minimum Gasteiger partial charge on any atom is -0.348 e. The predicted octanol–water partition coefficient (Wildman–Crippen LogP) is 6.02. The molecule has 0 spiro atoms. The molecule has 2 aromatic carbocycles. The molecule has 0 bridgehead atoms. The van der Waals surface area contributed by atoms with Gasteiger partial charge in [-0.05, 0) is 47.9 Å². The minimum atomic E-state index is -4.96. The van der Waals surface area contributed by atoms with E-state index in [2.05, 4.69) is 10.3 Å². The summed E-state index contributed by atoms with van der Waals surface area (Å²) in [7, 11) is 0. The highest BCUT2D eigenvalue weighted by atomic mass is 19.4. The molecule has 1 heterocycles. The van der Waals surface area contributed by atoms with Crippen LogP contribution < -0.4 is 5.32 Å². The summed E-state index contributed by atoms with van der Waals surface area (Å²) in [5.74, 6) is -0.647. The predicted molar refractivity (Wildman–Crippen MR) is 102 cm³/mol. The fraction of sp³-hybridized carbons (Fsp3) is 0.182. The van der Waals surface area contributed by atoms with Gasteiger partial charge >= 0.3 is 12.4 Å². The largest absolute Gasteiger partial charge is 0.416 e. The SMILES string of the molecule is Cc1ccccc1-c1cnccc1C(=O)NCc1cc(C(F)(F)F)cc(C(F)(F)F)c1. The standard InChI is InChI=1S/C22H16F6N2O/c1-13-4-2-3-5-17(13)19-12-29-7-6-18(19)20(31)30-11-14-8-15(21(23,24)25)10-16(9-14)22(26,27)28/h2-10,12H,11H2,1H3,(H,30,31). The van der Waals surface area contributed by atoms with Crippen LogP contribution in [0.5, 0.6) is 0 Å². The van der Waals surface area contributed by atoms with E-state index in [9.17, 15) is 31.1 Å². The maximum atomic E-state index is 13.0. The zero-order chi connectivity index (χ0) is 22.8. The normalized spacial score (nSPS) is 12.0. The van der Waals surface area contributed by atoms with Crippen molar-refractivity contribution in [3.63, 3.8) is 0 Å². The van der Waals surface area contributed by atoms with Crippen molar-refractivity contribution >= 4 is 5.91 Å². The van der Waals surface area contributed by atoms with Crippen molar-refractivity contribution in [1.29, 1.82) is 0 Å². The summed E-state index contributed by atoms with van der Waals surface area (Å²) in [5.41, 5.74) is -0.879. The molecule has 0 aliphatic rings. The lowest BCUT2D eigenvalue weighted by atomic mass is 9.97. The summed E-state index contributed by atoms with van der Waals surface area (Å²) in [5, 5.41) is 2.40. The first kappa shape index (κ1) is 22.3. The Hall–Kier alpha value is -3.36. The van der Waals surface area contributed by atoms with Gasteiger partial charge in [0.05, 0.1) is 16.7 Å². The van der Waals surface area contributed by atoms with E-state index in [1.54, 1.807) is 12.1 Å². The molecule has 0 aliphatic heterocycles. The van der Waals surface area contributed by atoms with E-state index < -0.39 is 35.9 Å². The molecular weight excluding hydrogens is 422 g/mol. The summed E-state index contributed by atoms with van der Waals surface area (Å²) in [6.07, 6.45) is -7.06. The van der Waals surface area contributed by atoms with Crippen molar-refractivity contribution < 1.29 is 31.1 Å². The van der Waals surface area contributed by atoms with Crippen molar-refractivity contribution in [3.05, 3.63) is 88.7 Å². The number of alkyl halides is 6.